The first-order chi connectivity index (χ1) is 15.2. The average Bonchev–Trinajstić information content (AvgIpc) is 3.28. The van der Waals surface area contributed by atoms with Crippen LogP contribution in [0.1, 0.15) is 43.0 Å². The average molecular weight is 412 g/mol. The molecule has 1 N–H and O–H groups in total. The molecule has 3 aromatic rings. The number of fused-ring (bicyclic) bond motifs is 2. The van der Waals surface area contributed by atoms with Crippen LogP contribution in [0.4, 0.5) is 11.4 Å². The zero-order chi connectivity index (χ0) is 21.4. The molecule has 5 rings (SSSR count). The van der Waals surface area contributed by atoms with Crippen LogP contribution in [-0.2, 0) is 9.59 Å². The molecule has 2 aromatic carbocycles. The van der Waals surface area contributed by atoms with Crippen LogP contribution < -0.4 is 10.2 Å². The molecular formula is C26H24N2O3. The number of Topliss-reactive ketones (excluding diaryl/α,β-unsaturated/α-hetero) is 1. The van der Waals surface area contributed by atoms with E-state index in [1.807, 2.05) is 55.5 Å². The number of amides is 1. The van der Waals surface area contributed by atoms with Gasteiger partial charge in [0.1, 0.15) is 17.6 Å². The molecule has 0 spiro atoms. The first-order valence-corrected chi connectivity index (χ1v) is 10.7. The van der Waals surface area contributed by atoms with Gasteiger partial charge in [0, 0.05) is 24.5 Å². The molecule has 5 nitrogen and oxygen atoms in total. The minimum Gasteiger partial charge on any atom is -0.467 e. The largest absolute Gasteiger partial charge is 0.467 e. The van der Waals surface area contributed by atoms with Crippen molar-refractivity contribution in [2.45, 2.75) is 31.7 Å². The third-order valence-electron chi connectivity index (χ3n) is 6.15. The summed E-state index contributed by atoms with van der Waals surface area (Å²) in [6.45, 7) is 1.84. The van der Waals surface area contributed by atoms with Crippen molar-refractivity contribution in [1.82, 2.24) is 0 Å². The third kappa shape index (κ3) is 3.36. The van der Waals surface area contributed by atoms with Gasteiger partial charge in [-0.25, -0.2) is 0 Å². The summed E-state index contributed by atoms with van der Waals surface area (Å²) < 4.78 is 5.78. The van der Waals surface area contributed by atoms with Gasteiger partial charge in [-0.1, -0.05) is 55.5 Å². The van der Waals surface area contributed by atoms with Crippen molar-refractivity contribution in [3.8, 4) is 0 Å². The number of anilines is 2. The number of allylic oxidation sites excluding steroid dienone is 1. The Balaban J connectivity index is 1.71. The highest BCUT2D eigenvalue weighted by molar-refractivity contribution is 6.01. The van der Waals surface area contributed by atoms with Crippen LogP contribution >= 0.6 is 0 Å². The summed E-state index contributed by atoms with van der Waals surface area (Å²) in [5, 5.41) is 3.50. The molecule has 0 saturated heterocycles. The molecule has 3 atom stereocenters. The highest BCUT2D eigenvalue weighted by Gasteiger charge is 2.45. The molecule has 2 aliphatic rings. The summed E-state index contributed by atoms with van der Waals surface area (Å²) in [4.78, 5) is 28.5. The van der Waals surface area contributed by atoms with E-state index in [0.29, 0.717) is 18.6 Å². The predicted octanol–water partition coefficient (Wildman–Crippen LogP) is 5.45. The molecule has 0 fully saturated rings. The zero-order valence-electron chi connectivity index (χ0n) is 17.3. The normalized spacial score (nSPS) is 22.6. The Morgan fingerprint density at radius 2 is 1.84 bits per heavy atom. The number of nitrogens with one attached hydrogen (secondary N) is 1. The molecule has 2 heterocycles. The second-order valence-corrected chi connectivity index (χ2v) is 8.01. The van der Waals surface area contributed by atoms with Crippen LogP contribution in [0.25, 0.3) is 0 Å². The maximum absolute atomic E-state index is 13.6. The van der Waals surface area contributed by atoms with E-state index >= 15 is 0 Å². The Morgan fingerprint density at radius 3 is 2.58 bits per heavy atom. The fraction of sp³-hybridized carbons (Fsp3) is 0.231. The van der Waals surface area contributed by atoms with Crippen molar-refractivity contribution in [2.24, 2.45) is 5.92 Å². The highest BCUT2D eigenvalue weighted by Crippen LogP contribution is 2.48. The van der Waals surface area contributed by atoms with Crippen LogP contribution in [0, 0.1) is 5.92 Å². The number of rotatable bonds is 3. The summed E-state index contributed by atoms with van der Waals surface area (Å²) in [5.74, 6) is 0.138. The van der Waals surface area contributed by atoms with Crippen LogP contribution in [0.3, 0.4) is 0 Å². The fourth-order valence-corrected chi connectivity index (χ4v) is 4.73. The molecule has 156 valence electrons. The van der Waals surface area contributed by atoms with E-state index in [9.17, 15) is 9.59 Å². The van der Waals surface area contributed by atoms with Gasteiger partial charge >= 0.3 is 0 Å². The third-order valence-corrected chi connectivity index (χ3v) is 6.15. The molecule has 31 heavy (non-hydrogen) atoms. The standard InChI is InChI=1S/C26H24N2O3/c1-2-24(30)28-21-12-7-6-11-19(21)27-20-15-18(17-9-4-3-5-10-17)16-22(29)25(20)26(28)23-13-8-14-31-23/h3-15,18,25-27H,2,16H2,1H3. The number of carbonyl (C=O) groups is 2. The molecule has 0 saturated carbocycles. The minimum absolute atomic E-state index is 0.00899. The number of nitrogens with zero attached hydrogens (tertiary/aromatic N) is 1. The van der Waals surface area contributed by atoms with Crippen molar-refractivity contribution in [3.05, 3.63) is 96.1 Å². The molecule has 3 unspecified atom stereocenters. The molecule has 0 radical (unpaired) electrons. The Morgan fingerprint density at radius 1 is 1.06 bits per heavy atom. The Hall–Kier alpha value is -3.60. The first kappa shape index (κ1) is 19.4. The van der Waals surface area contributed by atoms with Crippen molar-refractivity contribution in [2.75, 3.05) is 10.2 Å². The van der Waals surface area contributed by atoms with E-state index in [1.165, 1.54) is 0 Å². The molecule has 1 aliphatic carbocycles. The number of para-hydroxylation sites is 2. The van der Waals surface area contributed by atoms with Gasteiger partial charge in [0.25, 0.3) is 0 Å². The van der Waals surface area contributed by atoms with Crippen LogP contribution in [0.2, 0.25) is 0 Å². The van der Waals surface area contributed by atoms with E-state index in [1.54, 1.807) is 17.2 Å². The number of furan rings is 1. The smallest absolute Gasteiger partial charge is 0.227 e. The van der Waals surface area contributed by atoms with Crippen molar-refractivity contribution in [3.63, 3.8) is 0 Å². The second kappa shape index (κ2) is 7.91. The molecular weight excluding hydrogens is 388 g/mol. The zero-order valence-corrected chi connectivity index (χ0v) is 17.3. The molecule has 0 bridgehead atoms. The van der Waals surface area contributed by atoms with Crippen LogP contribution in [-0.4, -0.2) is 11.7 Å². The number of carbonyl (C=O) groups excluding carboxylic acids is 2. The van der Waals surface area contributed by atoms with Gasteiger partial charge in [-0.05, 0) is 29.8 Å². The molecule has 1 aliphatic heterocycles. The van der Waals surface area contributed by atoms with Crippen LogP contribution in [0.5, 0.6) is 0 Å². The van der Waals surface area contributed by atoms with Gasteiger partial charge in [0.2, 0.25) is 5.91 Å². The second-order valence-electron chi connectivity index (χ2n) is 8.01. The lowest BCUT2D eigenvalue weighted by atomic mass is 9.77. The number of ketones is 1. The summed E-state index contributed by atoms with van der Waals surface area (Å²) in [6, 6.07) is 20.9. The van der Waals surface area contributed by atoms with E-state index in [2.05, 4.69) is 23.5 Å². The van der Waals surface area contributed by atoms with E-state index in [0.717, 1.165) is 22.6 Å². The molecule has 5 heteroatoms. The first-order valence-electron chi connectivity index (χ1n) is 10.7. The summed E-state index contributed by atoms with van der Waals surface area (Å²) in [6.07, 6.45) is 4.46. The lowest BCUT2D eigenvalue weighted by Gasteiger charge is -2.36. The quantitative estimate of drug-likeness (QED) is 0.622. The topological polar surface area (TPSA) is 62.6 Å². The molecule has 1 aromatic heterocycles. The van der Waals surface area contributed by atoms with E-state index in [-0.39, 0.29) is 17.6 Å². The van der Waals surface area contributed by atoms with Crippen molar-refractivity contribution < 1.29 is 14.0 Å². The van der Waals surface area contributed by atoms with Crippen LogP contribution in [0.15, 0.2) is 89.2 Å². The SMILES string of the molecule is CCC(=O)N1c2ccccc2NC2=CC(c3ccccc3)CC(=O)C2C1c1ccco1. The summed E-state index contributed by atoms with van der Waals surface area (Å²) >= 11 is 0. The van der Waals surface area contributed by atoms with Gasteiger partial charge in [0.05, 0.1) is 23.6 Å². The maximum atomic E-state index is 13.6. The monoisotopic (exact) mass is 412 g/mol. The van der Waals surface area contributed by atoms with Gasteiger partial charge in [-0.15, -0.1) is 0 Å². The van der Waals surface area contributed by atoms with Crippen molar-refractivity contribution in [1.29, 1.82) is 0 Å². The van der Waals surface area contributed by atoms with Gasteiger partial charge in [-0.3, -0.25) is 14.5 Å². The Bertz CT molecular complexity index is 1130. The van der Waals surface area contributed by atoms with Gasteiger partial charge in [0.15, 0.2) is 0 Å². The minimum atomic E-state index is -0.533. The van der Waals surface area contributed by atoms with Gasteiger partial charge < -0.3 is 9.73 Å². The number of benzene rings is 2. The lowest BCUT2D eigenvalue weighted by Crippen LogP contribution is -2.42. The van der Waals surface area contributed by atoms with Gasteiger partial charge in [-0.2, -0.15) is 0 Å². The highest BCUT2D eigenvalue weighted by atomic mass is 16.3. The lowest BCUT2D eigenvalue weighted by molar-refractivity contribution is -0.124. The predicted molar refractivity (Wildman–Crippen MR) is 120 cm³/mol. The number of hydrogen-bond acceptors (Lipinski definition) is 4. The Labute approximate surface area is 181 Å². The van der Waals surface area contributed by atoms with E-state index < -0.39 is 12.0 Å². The summed E-state index contributed by atoms with van der Waals surface area (Å²) in [5.41, 5.74) is 3.51. The Kier molecular flexibility index (Phi) is 4.94. The van der Waals surface area contributed by atoms with E-state index in [4.69, 9.17) is 4.42 Å². The summed E-state index contributed by atoms with van der Waals surface area (Å²) in [7, 11) is 0. The maximum Gasteiger partial charge on any atom is 0.227 e. The molecule has 1 amide bonds. The van der Waals surface area contributed by atoms with Crippen molar-refractivity contribution >= 4 is 23.1 Å². The fourth-order valence-electron chi connectivity index (χ4n) is 4.73. The number of hydrogen-bond donors (Lipinski definition) is 1.